The minimum atomic E-state index is -0.636. The fraction of sp³-hybridized carbons (Fsp3) is 0.308. The van der Waals surface area contributed by atoms with Crippen molar-refractivity contribution in [1.29, 1.82) is 0 Å². The molecule has 33 heavy (non-hydrogen) atoms. The van der Waals surface area contributed by atoms with E-state index in [0.29, 0.717) is 33.9 Å². The summed E-state index contributed by atoms with van der Waals surface area (Å²) < 4.78 is 10.4. The second kappa shape index (κ2) is 9.81. The smallest absolute Gasteiger partial charge is 0.336 e. The number of ketones is 1. The van der Waals surface area contributed by atoms with Crippen molar-refractivity contribution in [3.8, 4) is 5.75 Å². The Hall–Kier alpha value is -3.09. The third-order valence-electron chi connectivity index (χ3n) is 6.12. The van der Waals surface area contributed by atoms with Gasteiger partial charge in [0, 0.05) is 41.4 Å². The highest BCUT2D eigenvalue weighted by Gasteiger charge is 2.41. The molecule has 0 radical (unpaired) electrons. The van der Waals surface area contributed by atoms with Gasteiger partial charge in [-0.1, -0.05) is 41.9 Å². The Bertz CT molecular complexity index is 1150. The number of dihydropyridines is 1. The van der Waals surface area contributed by atoms with Crippen LogP contribution in [0.15, 0.2) is 71.1 Å². The Morgan fingerprint density at radius 2 is 1.94 bits per heavy atom. The highest BCUT2D eigenvalue weighted by Crippen LogP contribution is 2.46. The molecule has 1 aliphatic heterocycles. The van der Waals surface area contributed by atoms with Crippen LogP contribution in [0.3, 0.4) is 0 Å². The van der Waals surface area contributed by atoms with Crippen LogP contribution < -0.4 is 5.32 Å². The van der Waals surface area contributed by atoms with Crippen molar-refractivity contribution in [2.24, 2.45) is 0 Å². The molecule has 6 nitrogen and oxygen atoms in total. The topological polar surface area (TPSA) is 84.9 Å². The molecule has 0 fully saturated rings. The molecule has 0 amide bonds. The van der Waals surface area contributed by atoms with E-state index in [1.165, 1.54) is 7.11 Å². The number of Topliss-reactive ketones (excluding diaryl/α,β-unsaturated/α-hetero) is 1. The molecule has 2 N–H and O–H groups in total. The van der Waals surface area contributed by atoms with Crippen molar-refractivity contribution < 1.29 is 24.2 Å². The number of phenolic OH excluding ortho intramolecular Hbond substituents is 1. The number of halogens is 1. The molecule has 0 spiro atoms. The Morgan fingerprint density at radius 1 is 1.15 bits per heavy atom. The van der Waals surface area contributed by atoms with Gasteiger partial charge in [-0.05, 0) is 48.6 Å². The first-order valence-electron chi connectivity index (χ1n) is 10.8. The third-order valence-corrected chi connectivity index (χ3v) is 6.46. The zero-order valence-electron chi connectivity index (χ0n) is 18.6. The van der Waals surface area contributed by atoms with E-state index in [-0.39, 0.29) is 37.1 Å². The first-order valence-corrected chi connectivity index (χ1v) is 11.2. The normalized spacial score (nSPS) is 20.4. The van der Waals surface area contributed by atoms with Gasteiger partial charge < -0.3 is 19.9 Å². The SMILES string of the molecule is COCCOC(=O)C1=C(C)NC2=C(C(=O)C[C@H](c3ccccc3Cl)C2)[C@@H]1c1cccc(O)c1. The summed E-state index contributed by atoms with van der Waals surface area (Å²) in [5.41, 5.74) is 3.88. The van der Waals surface area contributed by atoms with Gasteiger partial charge in [-0.2, -0.15) is 0 Å². The Morgan fingerprint density at radius 3 is 2.67 bits per heavy atom. The molecule has 2 aromatic rings. The zero-order chi connectivity index (χ0) is 23.5. The molecule has 0 saturated heterocycles. The predicted octanol–water partition coefficient (Wildman–Crippen LogP) is 4.60. The molecule has 2 atom stereocenters. The number of aromatic hydroxyl groups is 1. The summed E-state index contributed by atoms with van der Waals surface area (Å²) in [5, 5.41) is 14.0. The second-order valence-electron chi connectivity index (χ2n) is 8.26. The number of carbonyl (C=O) groups is 2. The molecule has 1 heterocycles. The summed E-state index contributed by atoms with van der Waals surface area (Å²) in [7, 11) is 1.53. The molecule has 2 aliphatic rings. The van der Waals surface area contributed by atoms with Gasteiger partial charge in [0.2, 0.25) is 0 Å². The van der Waals surface area contributed by atoms with E-state index in [4.69, 9.17) is 21.1 Å². The number of rotatable bonds is 6. The maximum Gasteiger partial charge on any atom is 0.336 e. The van der Waals surface area contributed by atoms with E-state index >= 15 is 0 Å². The van der Waals surface area contributed by atoms with Crippen molar-refractivity contribution in [3.05, 3.63) is 87.2 Å². The molecular weight excluding hydrogens is 442 g/mol. The summed E-state index contributed by atoms with van der Waals surface area (Å²) in [6.45, 7) is 2.18. The Labute approximate surface area is 197 Å². The first kappa shape index (κ1) is 23.1. The number of methoxy groups -OCH3 is 1. The summed E-state index contributed by atoms with van der Waals surface area (Å²) in [4.78, 5) is 26.6. The molecule has 0 unspecified atom stereocenters. The molecule has 172 valence electrons. The molecule has 0 bridgehead atoms. The largest absolute Gasteiger partial charge is 0.508 e. The van der Waals surface area contributed by atoms with Gasteiger partial charge in [-0.25, -0.2) is 4.79 Å². The van der Waals surface area contributed by atoms with Gasteiger partial charge >= 0.3 is 5.97 Å². The minimum absolute atomic E-state index is 0.0586. The fourth-order valence-corrected chi connectivity index (χ4v) is 4.96. The average Bonchev–Trinajstić information content (AvgIpc) is 2.78. The van der Waals surface area contributed by atoms with Gasteiger partial charge in [0.15, 0.2) is 5.78 Å². The van der Waals surface area contributed by atoms with Crippen molar-refractivity contribution >= 4 is 23.4 Å². The number of hydrogen-bond acceptors (Lipinski definition) is 6. The lowest BCUT2D eigenvalue weighted by Crippen LogP contribution is -2.36. The van der Waals surface area contributed by atoms with Crippen molar-refractivity contribution in [3.63, 3.8) is 0 Å². The van der Waals surface area contributed by atoms with Gasteiger partial charge in [-0.15, -0.1) is 0 Å². The zero-order valence-corrected chi connectivity index (χ0v) is 19.3. The standard InChI is InChI=1S/C26H26ClNO5/c1-15-23(26(31)33-11-10-32-2)24(16-6-5-7-18(29)12-16)25-21(28-15)13-17(14-22(25)30)19-8-3-4-9-20(19)27/h3-9,12,17,24,28-29H,10-11,13-14H2,1-2H3/t17-,24-/m1/s1. The van der Waals surface area contributed by atoms with Crippen LogP contribution in [0.2, 0.25) is 5.02 Å². The maximum atomic E-state index is 13.5. The molecule has 0 aromatic heterocycles. The molecule has 1 aliphatic carbocycles. The van der Waals surface area contributed by atoms with Gasteiger partial charge in [-0.3, -0.25) is 4.79 Å². The minimum Gasteiger partial charge on any atom is -0.508 e. The van der Waals surface area contributed by atoms with E-state index in [1.807, 2.05) is 30.3 Å². The Balaban J connectivity index is 1.76. The number of phenols is 1. The van der Waals surface area contributed by atoms with Crippen molar-refractivity contribution in [2.45, 2.75) is 31.6 Å². The third kappa shape index (κ3) is 4.68. The predicted molar refractivity (Wildman–Crippen MR) is 125 cm³/mol. The number of allylic oxidation sites excluding steroid dienone is 3. The monoisotopic (exact) mass is 467 g/mol. The van der Waals surface area contributed by atoms with Crippen LogP contribution in [-0.2, 0) is 19.1 Å². The van der Waals surface area contributed by atoms with Crippen molar-refractivity contribution in [2.75, 3.05) is 20.3 Å². The molecule has 4 rings (SSSR count). The number of benzene rings is 2. The lowest BCUT2D eigenvalue weighted by molar-refractivity contribution is -0.140. The number of hydrogen-bond donors (Lipinski definition) is 2. The average molecular weight is 468 g/mol. The highest BCUT2D eigenvalue weighted by molar-refractivity contribution is 6.31. The number of nitrogens with one attached hydrogen (secondary N) is 1. The molecule has 7 heteroatoms. The summed E-state index contributed by atoms with van der Waals surface area (Å²) in [6, 6.07) is 14.2. The van der Waals surface area contributed by atoms with Gasteiger partial charge in [0.25, 0.3) is 0 Å². The van der Waals surface area contributed by atoms with Crippen molar-refractivity contribution in [1.82, 2.24) is 5.32 Å². The van der Waals surface area contributed by atoms with Crippen LogP contribution in [-0.4, -0.2) is 37.2 Å². The molecule has 0 saturated carbocycles. The van der Waals surface area contributed by atoms with Crippen LogP contribution in [0.25, 0.3) is 0 Å². The molecular formula is C26H26ClNO5. The summed E-state index contributed by atoms with van der Waals surface area (Å²) >= 11 is 6.42. The van der Waals surface area contributed by atoms with Crippen LogP contribution >= 0.6 is 11.6 Å². The van der Waals surface area contributed by atoms with E-state index in [0.717, 1.165) is 11.3 Å². The van der Waals surface area contributed by atoms with E-state index in [9.17, 15) is 14.7 Å². The summed E-state index contributed by atoms with van der Waals surface area (Å²) in [6.07, 6.45) is 0.869. The van der Waals surface area contributed by atoms with E-state index in [2.05, 4.69) is 5.32 Å². The van der Waals surface area contributed by atoms with Crippen LogP contribution in [0, 0.1) is 0 Å². The van der Waals surface area contributed by atoms with E-state index < -0.39 is 11.9 Å². The molecule has 2 aromatic carbocycles. The van der Waals surface area contributed by atoms with Gasteiger partial charge in [0.1, 0.15) is 12.4 Å². The quantitative estimate of drug-likeness (QED) is 0.477. The van der Waals surface area contributed by atoms with Crippen LogP contribution in [0.5, 0.6) is 5.75 Å². The Kier molecular flexibility index (Phi) is 6.86. The van der Waals surface area contributed by atoms with Crippen LogP contribution in [0.4, 0.5) is 0 Å². The lowest BCUT2D eigenvalue weighted by atomic mass is 9.71. The lowest BCUT2D eigenvalue weighted by Gasteiger charge is -2.37. The first-order chi connectivity index (χ1) is 15.9. The summed E-state index contributed by atoms with van der Waals surface area (Å²) in [5.74, 6) is -1.21. The number of esters is 1. The highest BCUT2D eigenvalue weighted by atomic mass is 35.5. The van der Waals surface area contributed by atoms with Gasteiger partial charge in [0.05, 0.1) is 12.2 Å². The number of carbonyl (C=O) groups excluding carboxylic acids is 2. The second-order valence-corrected chi connectivity index (χ2v) is 8.67. The number of ether oxygens (including phenoxy) is 2. The maximum absolute atomic E-state index is 13.5. The van der Waals surface area contributed by atoms with Crippen LogP contribution in [0.1, 0.15) is 42.7 Å². The fourth-order valence-electron chi connectivity index (χ4n) is 4.67. The van der Waals surface area contributed by atoms with E-state index in [1.54, 1.807) is 25.1 Å².